The molecule has 1 aromatic heterocycles. The molecule has 2 rings (SSSR count). The first-order valence-corrected chi connectivity index (χ1v) is 6.72. The summed E-state index contributed by atoms with van der Waals surface area (Å²) in [5.74, 6) is 0. The van der Waals surface area contributed by atoms with Crippen molar-refractivity contribution in [2.45, 2.75) is 12.8 Å². The van der Waals surface area contributed by atoms with Crippen molar-refractivity contribution in [3.05, 3.63) is 18.0 Å². The van der Waals surface area contributed by atoms with E-state index in [4.69, 9.17) is 9.26 Å². The Kier molecular flexibility index (Phi) is 5.64. The molecule has 0 atom stereocenters. The summed E-state index contributed by atoms with van der Waals surface area (Å²) in [6.45, 7) is 7.47. The number of likely N-dealkylation sites (N-methyl/N-ethyl adjacent to an activating group) is 1. The van der Waals surface area contributed by atoms with E-state index >= 15 is 0 Å². The van der Waals surface area contributed by atoms with Crippen LogP contribution in [0.1, 0.15) is 12.1 Å². The van der Waals surface area contributed by atoms with Gasteiger partial charge in [0.2, 0.25) is 0 Å². The third kappa shape index (κ3) is 4.76. The zero-order valence-electron chi connectivity index (χ0n) is 11.2. The van der Waals surface area contributed by atoms with Crippen molar-refractivity contribution in [2.24, 2.45) is 0 Å². The standard InChI is InChI=1S/C13H23N3O2/c1-15-6-8-16(9-7-15)5-2-10-17-11-3-13-4-12-18-14-13/h4,12H,2-3,5-11H2,1H3. The lowest BCUT2D eigenvalue weighted by atomic mass is 10.3. The zero-order chi connectivity index (χ0) is 12.6. The smallest absolute Gasteiger partial charge is 0.124 e. The molecule has 0 aromatic carbocycles. The van der Waals surface area contributed by atoms with Crippen molar-refractivity contribution in [3.8, 4) is 0 Å². The van der Waals surface area contributed by atoms with Gasteiger partial charge in [-0.1, -0.05) is 5.16 Å². The number of ether oxygens (including phenoxy) is 1. The van der Waals surface area contributed by atoms with Gasteiger partial charge in [0.25, 0.3) is 0 Å². The number of piperazine rings is 1. The van der Waals surface area contributed by atoms with E-state index in [1.807, 2.05) is 6.07 Å². The molecule has 0 N–H and O–H groups in total. The summed E-state index contributed by atoms with van der Waals surface area (Å²) in [5, 5.41) is 3.85. The molecule has 5 heteroatoms. The van der Waals surface area contributed by atoms with Gasteiger partial charge in [-0.2, -0.15) is 0 Å². The molecule has 0 radical (unpaired) electrons. The normalized spacial score (nSPS) is 18.3. The molecule has 1 saturated heterocycles. The quantitative estimate of drug-likeness (QED) is 0.675. The summed E-state index contributed by atoms with van der Waals surface area (Å²) >= 11 is 0. The Labute approximate surface area is 109 Å². The van der Waals surface area contributed by atoms with Gasteiger partial charge in [0.15, 0.2) is 0 Å². The Morgan fingerprint density at radius 2 is 2.11 bits per heavy atom. The summed E-state index contributed by atoms with van der Waals surface area (Å²) in [6.07, 6.45) is 3.55. The Morgan fingerprint density at radius 1 is 1.28 bits per heavy atom. The highest BCUT2D eigenvalue weighted by molar-refractivity contribution is 4.94. The monoisotopic (exact) mass is 253 g/mol. The van der Waals surface area contributed by atoms with Crippen LogP contribution in [0.2, 0.25) is 0 Å². The lowest BCUT2D eigenvalue weighted by molar-refractivity contribution is 0.107. The van der Waals surface area contributed by atoms with Crippen LogP contribution >= 0.6 is 0 Å². The van der Waals surface area contributed by atoms with Crippen molar-refractivity contribution < 1.29 is 9.26 Å². The van der Waals surface area contributed by atoms with Gasteiger partial charge in [-0.05, 0) is 13.5 Å². The first-order chi connectivity index (χ1) is 8.84. The molecule has 1 aromatic rings. The van der Waals surface area contributed by atoms with E-state index in [-0.39, 0.29) is 0 Å². The molecule has 0 spiro atoms. The zero-order valence-corrected chi connectivity index (χ0v) is 11.2. The number of rotatable bonds is 7. The first kappa shape index (κ1) is 13.5. The fourth-order valence-electron chi connectivity index (χ4n) is 2.11. The lowest BCUT2D eigenvalue weighted by Gasteiger charge is -2.32. The van der Waals surface area contributed by atoms with Crippen molar-refractivity contribution in [1.82, 2.24) is 15.0 Å². The number of hydrogen-bond acceptors (Lipinski definition) is 5. The topological polar surface area (TPSA) is 41.7 Å². The summed E-state index contributed by atoms with van der Waals surface area (Å²) < 4.78 is 10.4. The fraction of sp³-hybridized carbons (Fsp3) is 0.769. The van der Waals surface area contributed by atoms with Crippen LogP contribution in [0.3, 0.4) is 0 Å². The minimum atomic E-state index is 0.731. The van der Waals surface area contributed by atoms with E-state index in [2.05, 4.69) is 22.0 Å². The van der Waals surface area contributed by atoms with Crippen molar-refractivity contribution in [1.29, 1.82) is 0 Å². The molecule has 1 fully saturated rings. The predicted octanol–water partition coefficient (Wildman–Crippen LogP) is 0.871. The van der Waals surface area contributed by atoms with Crippen molar-refractivity contribution >= 4 is 0 Å². The van der Waals surface area contributed by atoms with Crippen LogP contribution in [0.25, 0.3) is 0 Å². The van der Waals surface area contributed by atoms with Gasteiger partial charge in [-0.3, -0.25) is 0 Å². The van der Waals surface area contributed by atoms with E-state index in [1.54, 1.807) is 6.26 Å². The second-order valence-electron chi connectivity index (χ2n) is 4.85. The minimum absolute atomic E-state index is 0.731. The molecule has 1 aliphatic heterocycles. The fourth-order valence-corrected chi connectivity index (χ4v) is 2.11. The van der Waals surface area contributed by atoms with Crippen LogP contribution in [0.4, 0.5) is 0 Å². The molecular formula is C13H23N3O2. The van der Waals surface area contributed by atoms with E-state index in [1.165, 1.54) is 26.2 Å². The number of aromatic nitrogens is 1. The predicted molar refractivity (Wildman–Crippen MR) is 69.6 cm³/mol. The summed E-state index contributed by atoms with van der Waals surface area (Å²) in [7, 11) is 2.18. The van der Waals surface area contributed by atoms with E-state index in [0.717, 1.165) is 38.3 Å². The Bertz CT molecular complexity index is 308. The van der Waals surface area contributed by atoms with Crippen LogP contribution in [-0.4, -0.2) is 67.9 Å². The highest BCUT2D eigenvalue weighted by Gasteiger charge is 2.12. The molecule has 18 heavy (non-hydrogen) atoms. The third-order valence-electron chi connectivity index (χ3n) is 3.35. The molecule has 0 bridgehead atoms. The Balaban J connectivity index is 1.44. The molecule has 5 nitrogen and oxygen atoms in total. The second-order valence-corrected chi connectivity index (χ2v) is 4.85. The van der Waals surface area contributed by atoms with Crippen molar-refractivity contribution in [3.63, 3.8) is 0 Å². The Morgan fingerprint density at radius 3 is 2.83 bits per heavy atom. The maximum Gasteiger partial charge on any atom is 0.124 e. The molecule has 0 saturated carbocycles. The average Bonchev–Trinajstić information content (AvgIpc) is 2.89. The number of nitrogens with zero attached hydrogens (tertiary/aromatic N) is 3. The van der Waals surface area contributed by atoms with Gasteiger partial charge < -0.3 is 19.1 Å². The van der Waals surface area contributed by atoms with E-state index in [0.29, 0.717) is 0 Å². The van der Waals surface area contributed by atoms with Gasteiger partial charge >= 0.3 is 0 Å². The molecule has 102 valence electrons. The van der Waals surface area contributed by atoms with Crippen LogP contribution in [0.15, 0.2) is 16.9 Å². The van der Waals surface area contributed by atoms with Gasteiger partial charge in [-0.15, -0.1) is 0 Å². The summed E-state index contributed by atoms with van der Waals surface area (Å²) in [4.78, 5) is 4.89. The SMILES string of the molecule is CN1CCN(CCCOCCc2ccon2)CC1. The van der Waals surface area contributed by atoms with Gasteiger partial charge in [0.1, 0.15) is 6.26 Å². The minimum Gasteiger partial charge on any atom is -0.381 e. The maximum absolute atomic E-state index is 5.60. The average molecular weight is 253 g/mol. The van der Waals surface area contributed by atoms with Gasteiger partial charge in [0.05, 0.1) is 12.3 Å². The summed E-state index contributed by atoms with van der Waals surface area (Å²) in [6, 6.07) is 1.88. The van der Waals surface area contributed by atoms with Crippen LogP contribution in [0.5, 0.6) is 0 Å². The van der Waals surface area contributed by atoms with E-state index < -0.39 is 0 Å². The van der Waals surface area contributed by atoms with Crippen LogP contribution in [-0.2, 0) is 11.2 Å². The van der Waals surface area contributed by atoms with Gasteiger partial charge in [-0.25, -0.2) is 0 Å². The maximum atomic E-state index is 5.60. The number of hydrogen-bond donors (Lipinski definition) is 0. The molecule has 0 amide bonds. The van der Waals surface area contributed by atoms with Crippen LogP contribution < -0.4 is 0 Å². The highest BCUT2D eigenvalue weighted by atomic mass is 16.5. The van der Waals surface area contributed by atoms with Crippen molar-refractivity contribution in [2.75, 3.05) is 53.0 Å². The molecule has 1 aliphatic rings. The van der Waals surface area contributed by atoms with Gasteiger partial charge in [0, 0.05) is 51.8 Å². The first-order valence-electron chi connectivity index (χ1n) is 6.72. The second kappa shape index (κ2) is 7.51. The molecule has 0 aliphatic carbocycles. The molecule has 2 heterocycles. The highest BCUT2D eigenvalue weighted by Crippen LogP contribution is 2.01. The molecule has 0 unspecified atom stereocenters. The largest absolute Gasteiger partial charge is 0.381 e. The third-order valence-corrected chi connectivity index (χ3v) is 3.35. The van der Waals surface area contributed by atoms with Crippen LogP contribution in [0, 0.1) is 0 Å². The lowest BCUT2D eigenvalue weighted by Crippen LogP contribution is -2.44. The molecular weight excluding hydrogens is 230 g/mol. The summed E-state index contributed by atoms with van der Waals surface area (Å²) in [5.41, 5.74) is 0.967. The van der Waals surface area contributed by atoms with E-state index in [9.17, 15) is 0 Å². The Hall–Kier alpha value is -0.910.